The van der Waals surface area contributed by atoms with Crippen LogP contribution in [0.3, 0.4) is 0 Å². The Bertz CT molecular complexity index is 1090. The maximum Gasteiger partial charge on any atom is 0.333 e. The lowest BCUT2D eigenvalue weighted by Gasteiger charge is -2.15. The molecule has 0 spiro atoms. The Hall–Kier alpha value is -2.88. The molecular weight excluding hydrogens is 413 g/mol. The average molecular weight is 450 g/mol. The van der Waals surface area contributed by atoms with E-state index < -0.39 is 0 Å². The normalized spacial score (nSPS) is 12.0. The smallest absolute Gasteiger partial charge is 0.333 e. The number of halogens is 1. The van der Waals surface area contributed by atoms with E-state index in [0.717, 1.165) is 40.6 Å². The van der Waals surface area contributed by atoms with E-state index in [4.69, 9.17) is 4.74 Å². The third-order valence-electron chi connectivity index (χ3n) is 6.16. The van der Waals surface area contributed by atoms with Gasteiger partial charge in [-0.25, -0.2) is 9.18 Å². The number of carbonyl (C=O) groups excluding carboxylic acids is 1. The maximum atomic E-state index is 13.7. The maximum absolute atomic E-state index is 13.7. The van der Waals surface area contributed by atoms with Crippen LogP contribution in [0.2, 0.25) is 0 Å². The van der Waals surface area contributed by atoms with Gasteiger partial charge in [0.15, 0.2) is 0 Å². The van der Waals surface area contributed by atoms with Crippen molar-refractivity contribution in [2.45, 2.75) is 71.8 Å². The number of fused-ring (bicyclic) bond motifs is 1. The van der Waals surface area contributed by atoms with Gasteiger partial charge in [0.1, 0.15) is 5.82 Å². The molecular formula is C29H36FNO2. The van der Waals surface area contributed by atoms with E-state index in [1.54, 1.807) is 0 Å². The summed E-state index contributed by atoms with van der Waals surface area (Å²) in [6, 6.07) is 15.0. The van der Waals surface area contributed by atoms with Crippen LogP contribution in [0.1, 0.15) is 77.5 Å². The summed E-state index contributed by atoms with van der Waals surface area (Å²) in [5.74, 6) is -0.545. The van der Waals surface area contributed by atoms with E-state index in [1.165, 1.54) is 44.9 Å². The summed E-state index contributed by atoms with van der Waals surface area (Å²) in [5, 5.41) is 1.09. The summed E-state index contributed by atoms with van der Waals surface area (Å²) in [7, 11) is 1.44. The summed E-state index contributed by atoms with van der Waals surface area (Å²) >= 11 is 0. The molecule has 0 amide bonds. The van der Waals surface area contributed by atoms with Crippen LogP contribution in [0.25, 0.3) is 28.1 Å². The van der Waals surface area contributed by atoms with Crippen molar-refractivity contribution >= 4 is 22.9 Å². The highest BCUT2D eigenvalue weighted by atomic mass is 19.1. The molecule has 33 heavy (non-hydrogen) atoms. The van der Waals surface area contributed by atoms with Crippen molar-refractivity contribution < 1.29 is 13.9 Å². The number of para-hydroxylation sites is 1. The highest BCUT2D eigenvalue weighted by Gasteiger charge is 2.21. The minimum absolute atomic E-state index is 0.184. The summed E-state index contributed by atoms with van der Waals surface area (Å²) in [4.78, 5) is 12.7. The first-order valence-electron chi connectivity index (χ1n) is 12.2. The third kappa shape index (κ3) is 5.93. The second-order valence-corrected chi connectivity index (χ2v) is 8.93. The van der Waals surface area contributed by atoms with Gasteiger partial charge >= 0.3 is 5.97 Å². The van der Waals surface area contributed by atoms with E-state index in [0.29, 0.717) is 12.0 Å². The molecule has 176 valence electrons. The van der Waals surface area contributed by atoms with Gasteiger partial charge in [0.05, 0.1) is 12.8 Å². The number of methoxy groups -OCH3 is 1. The first kappa shape index (κ1) is 24.8. The van der Waals surface area contributed by atoms with Gasteiger partial charge in [-0.15, -0.1) is 0 Å². The van der Waals surface area contributed by atoms with Crippen molar-refractivity contribution in [2.75, 3.05) is 7.11 Å². The number of ether oxygens (including phenoxy) is 1. The average Bonchev–Trinajstić information content (AvgIpc) is 3.14. The summed E-state index contributed by atoms with van der Waals surface area (Å²) in [6.07, 6.45) is 9.65. The van der Waals surface area contributed by atoms with Crippen LogP contribution in [-0.2, 0) is 9.53 Å². The highest BCUT2D eigenvalue weighted by Crippen LogP contribution is 2.38. The van der Waals surface area contributed by atoms with Crippen LogP contribution >= 0.6 is 0 Å². The largest absolute Gasteiger partial charge is 0.466 e. The molecule has 0 bridgehead atoms. The van der Waals surface area contributed by atoms with Gasteiger partial charge in [-0.2, -0.15) is 0 Å². The molecule has 0 saturated heterocycles. The molecule has 4 heteroatoms. The molecule has 3 aromatic rings. The number of hydrogen-bond acceptors (Lipinski definition) is 2. The lowest BCUT2D eigenvalue weighted by Crippen LogP contribution is -2.08. The zero-order valence-corrected chi connectivity index (χ0v) is 20.4. The predicted octanol–water partition coefficient (Wildman–Crippen LogP) is 8.34. The van der Waals surface area contributed by atoms with Crippen LogP contribution < -0.4 is 0 Å². The lowest BCUT2D eigenvalue weighted by atomic mass is 9.99. The van der Waals surface area contributed by atoms with E-state index in [9.17, 15) is 9.18 Å². The van der Waals surface area contributed by atoms with Crippen molar-refractivity contribution in [1.82, 2.24) is 4.57 Å². The van der Waals surface area contributed by atoms with Gasteiger partial charge in [0.25, 0.3) is 0 Å². The number of carbonyl (C=O) groups is 1. The Labute approximate surface area is 197 Å². The van der Waals surface area contributed by atoms with Crippen LogP contribution in [-0.4, -0.2) is 17.6 Å². The van der Waals surface area contributed by atoms with E-state index >= 15 is 0 Å². The van der Waals surface area contributed by atoms with Gasteiger partial charge in [0.2, 0.25) is 0 Å². The topological polar surface area (TPSA) is 31.2 Å². The summed E-state index contributed by atoms with van der Waals surface area (Å²) in [6.45, 7) is 6.50. The minimum Gasteiger partial charge on any atom is -0.466 e. The lowest BCUT2D eigenvalue weighted by molar-refractivity contribution is -0.136. The van der Waals surface area contributed by atoms with Crippen molar-refractivity contribution in [2.24, 2.45) is 0 Å². The van der Waals surface area contributed by atoms with Crippen molar-refractivity contribution in [3.63, 3.8) is 0 Å². The Morgan fingerprint density at radius 2 is 1.67 bits per heavy atom. The fraction of sp³-hybridized carbons (Fsp3) is 0.414. The minimum atomic E-state index is -0.283. The second kappa shape index (κ2) is 11.8. The number of esters is 1. The van der Waals surface area contributed by atoms with Crippen molar-refractivity contribution in [3.05, 3.63) is 65.6 Å². The SMILES string of the molecule is CCCCCCCCC(=Cc1c(-c2ccc(F)cc2)c2ccccc2n1C(C)C)C(=O)OC. The molecule has 1 aromatic heterocycles. The van der Waals surface area contributed by atoms with Gasteiger partial charge in [-0.3, -0.25) is 0 Å². The Morgan fingerprint density at radius 3 is 2.33 bits per heavy atom. The first-order valence-corrected chi connectivity index (χ1v) is 12.2. The molecule has 0 radical (unpaired) electrons. The highest BCUT2D eigenvalue weighted by molar-refractivity contribution is 6.03. The number of benzene rings is 2. The van der Waals surface area contributed by atoms with E-state index in [-0.39, 0.29) is 17.8 Å². The third-order valence-corrected chi connectivity index (χ3v) is 6.16. The van der Waals surface area contributed by atoms with E-state index in [2.05, 4.69) is 37.5 Å². The van der Waals surface area contributed by atoms with E-state index in [1.807, 2.05) is 30.3 Å². The standard InChI is InChI=1S/C29H36FNO2/c1-5-6-7-8-9-10-13-23(29(32)33-4)20-27-28(22-16-18-24(30)19-17-22)25-14-11-12-15-26(25)31(27)21(2)3/h11-12,14-21H,5-10,13H2,1-4H3. The van der Waals surface area contributed by atoms with Gasteiger partial charge < -0.3 is 9.30 Å². The van der Waals surface area contributed by atoms with Gasteiger partial charge in [-0.05, 0) is 56.5 Å². The molecule has 0 aliphatic heterocycles. The van der Waals surface area contributed by atoms with Crippen LogP contribution in [0.4, 0.5) is 4.39 Å². The molecule has 0 N–H and O–H groups in total. The zero-order valence-electron chi connectivity index (χ0n) is 20.4. The number of rotatable bonds is 11. The first-order chi connectivity index (χ1) is 16.0. The fourth-order valence-electron chi connectivity index (χ4n) is 4.53. The molecule has 0 aliphatic carbocycles. The molecule has 3 rings (SSSR count). The monoisotopic (exact) mass is 449 g/mol. The predicted molar refractivity (Wildman–Crippen MR) is 136 cm³/mol. The van der Waals surface area contributed by atoms with Crippen molar-refractivity contribution in [3.8, 4) is 11.1 Å². The number of unbranched alkanes of at least 4 members (excludes halogenated alkanes) is 5. The molecule has 2 aromatic carbocycles. The molecule has 0 atom stereocenters. The van der Waals surface area contributed by atoms with Crippen LogP contribution in [0, 0.1) is 5.82 Å². The Kier molecular flexibility index (Phi) is 8.87. The summed E-state index contributed by atoms with van der Waals surface area (Å²) < 4.78 is 21.1. The van der Waals surface area contributed by atoms with Crippen LogP contribution in [0.15, 0.2) is 54.1 Å². The van der Waals surface area contributed by atoms with Gasteiger partial charge in [-0.1, -0.05) is 69.4 Å². The second-order valence-electron chi connectivity index (χ2n) is 8.93. The molecule has 0 saturated carbocycles. The zero-order chi connectivity index (χ0) is 23.8. The van der Waals surface area contributed by atoms with Crippen LogP contribution in [0.5, 0.6) is 0 Å². The number of nitrogens with zero attached hydrogens (tertiary/aromatic N) is 1. The molecule has 1 heterocycles. The van der Waals surface area contributed by atoms with Gasteiger partial charge in [0, 0.05) is 28.1 Å². The quantitative estimate of drug-likeness (QED) is 0.167. The molecule has 3 nitrogen and oxygen atoms in total. The molecule has 0 fully saturated rings. The fourth-order valence-corrected chi connectivity index (χ4v) is 4.53. The number of aromatic nitrogens is 1. The Balaban J connectivity index is 2.10. The Morgan fingerprint density at radius 1 is 1.00 bits per heavy atom. The molecule has 0 aliphatic rings. The van der Waals surface area contributed by atoms with Crippen molar-refractivity contribution in [1.29, 1.82) is 0 Å². The number of hydrogen-bond donors (Lipinski definition) is 0. The molecule has 0 unspecified atom stereocenters. The summed E-state index contributed by atoms with van der Waals surface area (Å²) in [5.41, 5.74) is 4.69.